The molecule has 1 rings (SSSR count). The molecule has 0 aliphatic carbocycles. The van der Waals surface area contributed by atoms with Crippen molar-refractivity contribution in [3.05, 3.63) is 38.8 Å². The van der Waals surface area contributed by atoms with E-state index in [0.717, 1.165) is 0 Å². The van der Waals surface area contributed by atoms with Crippen LogP contribution in [-0.4, -0.2) is 0 Å². The molecule has 0 radical (unpaired) electrons. The van der Waals surface area contributed by atoms with E-state index in [2.05, 4.69) is 47.4 Å². The van der Waals surface area contributed by atoms with Crippen molar-refractivity contribution in [1.82, 2.24) is 0 Å². The zero-order chi connectivity index (χ0) is 7.40. The summed E-state index contributed by atoms with van der Waals surface area (Å²) in [6, 6.07) is 8.18. The molecule has 0 heterocycles. The molecule has 10 heavy (non-hydrogen) atoms. The maximum Gasteiger partial charge on any atom is 0.0202 e. The van der Waals surface area contributed by atoms with Crippen LogP contribution in [0.3, 0.4) is 0 Å². The minimum absolute atomic E-state index is 1.22. The highest BCUT2D eigenvalue weighted by molar-refractivity contribution is 14.1. The van der Waals surface area contributed by atoms with Crippen LogP contribution in [0.2, 0.25) is 0 Å². The first kappa shape index (κ1) is 8.14. The molecule has 0 aliphatic rings. The van der Waals surface area contributed by atoms with Crippen LogP contribution in [0, 0.1) is 3.57 Å². The molecule has 0 nitrogen and oxygen atoms in total. The molecule has 0 saturated heterocycles. The Balaban J connectivity index is 3.03. The van der Waals surface area contributed by atoms with Gasteiger partial charge in [-0.25, -0.2) is 0 Å². The SMILES string of the molecule is S/C=C\c1ccccc1I. The van der Waals surface area contributed by atoms with Gasteiger partial charge in [0.15, 0.2) is 0 Å². The summed E-state index contributed by atoms with van der Waals surface area (Å²) in [4.78, 5) is 0. The first-order chi connectivity index (χ1) is 4.84. The predicted octanol–water partition coefficient (Wildman–Crippen LogP) is 3.19. The topological polar surface area (TPSA) is 0 Å². The second-order valence-electron chi connectivity index (χ2n) is 1.84. The van der Waals surface area contributed by atoms with Gasteiger partial charge in [-0.05, 0) is 45.7 Å². The number of rotatable bonds is 1. The van der Waals surface area contributed by atoms with Crippen LogP contribution in [0.15, 0.2) is 29.7 Å². The van der Waals surface area contributed by atoms with Gasteiger partial charge in [-0.15, -0.1) is 0 Å². The quantitative estimate of drug-likeness (QED) is 0.583. The van der Waals surface area contributed by atoms with Crippen molar-refractivity contribution in [3.8, 4) is 0 Å². The Labute approximate surface area is 79.9 Å². The summed E-state index contributed by atoms with van der Waals surface area (Å²) in [5, 5.41) is 1.75. The van der Waals surface area contributed by atoms with Crippen molar-refractivity contribution in [2.75, 3.05) is 0 Å². The summed E-state index contributed by atoms with van der Waals surface area (Å²) in [6.45, 7) is 0. The highest BCUT2D eigenvalue weighted by Gasteiger charge is 1.89. The molecule has 0 bridgehead atoms. The molecular formula is C8H7IS. The van der Waals surface area contributed by atoms with Gasteiger partial charge in [0, 0.05) is 3.57 Å². The molecular weight excluding hydrogens is 255 g/mol. The number of benzene rings is 1. The second kappa shape index (κ2) is 4.03. The third-order valence-electron chi connectivity index (χ3n) is 1.16. The molecule has 0 spiro atoms. The van der Waals surface area contributed by atoms with E-state index in [1.165, 1.54) is 9.13 Å². The predicted molar refractivity (Wildman–Crippen MR) is 57.2 cm³/mol. The Hall–Kier alpha value is 0.0400. The summed E-state index contributed by atoms with van der Waals surface area (Å²) >= 11 is 6.29. The van der Waals surface area contributed by atoms with Gasteiger partial charge in [-0.1, -0.05) is 18.2 Å². The molecule has 1 aromatic carbocycles. The fraction of sp³-hybridized carbons (Fsp3) is 0. The molecule has 1 aromatic rings. The summed E-state index contributed by atoms with van der Waals surface area (Å²) in [7, 11) is 0. The minimum Gasteiger partial charge on any atom is -0.151 e. The van der Waals surface area contributed by atoms with Crippen LogP contribution in [0.4, 0.5) is 0 Å². The van der Waals surface area contributed by atoms with Crippen molar-refractivity contribution < 1.29 is 0 Å². The van der Waals surface area contributed by atoms with E-state index in [9.17, 15) is 0 Å². The molecule has 0 aliphatic heterocycles. The zero-order valence-corrected chi connectivity index (χ0v) is 8.34. The molecule has 0 unspecified atom stereocenters. The Morgan fingerprint density at radius 3 is 2.60 bits per heavy atom. The van der Waals surface area contributed by atoms with E-state index >= 15 is 0 Å². The molecule has 0 aromatic heterocycles. The highest BCUT2D eigenvalue weighted by Crippen LogP contribution is 2.12. The Kier molecular flexibility index (Phi) is 3.28. The van der Waals surface area contributed by atoms with Gasteiger partial charge in [0.2, 0.25) is 0 Å². The van der Waals surface area contributed by atoms with Crippen LogP contribution in [0.25, 0.3) is 6.08 Å². The highest BCUT2D eigenvalue weighted by atomic mass is 127. The Morgan fingerprint density at radius 2 is 2.00 bits per heavy atom. The molecule has 0 fully saturated rings. The zero-order valence-electron chi connectivity index (χ0n) is 5.29. The lowest BCUT2D eigenvalue weighted by Gasteiger charge is -1.94. The molecule has 2 heteroatoms. The summed E-state index contributed by atoms with van der Waals surface area (Å²) in [6.07, 6.45) is 1.98. The lowest BCUT2D eigenvalue weighted by molar-refractivity contribution is 1.60. The first-order valence-corrected chi connectivity index (χ1v) is 4.49. The molecule has 0 N–H and O–H groups in total. The lowest BCUT2D eigenvalue weighted by Crippen LogP contribution is -1.75. The van der Waals surface area contributed by atoms with E-state index in [1.54, 1.807) is 5.41 Å². The van der Waals surface area contributed by atoms with Crippen molar-refractivity contribution in [1.29, 1.82) is 0 Å². The van der Waals surface area contributed by atoms with Crippen molar-refractivity contribution >= 4 is 41.3 Å². The van der Waals surface area contributed by atoms with E-state index in [0.29, 0.717) is 0 Å². The minimum atomic E-state index is 1.22. The van der Waals surface area contributed by atoms with Crippen molar-refractivity contribution in [2.45, 2.75) is 0 Å². The fourth-order valence-corrected chi connectivity index (χ4v) is 1.42. The Bertz CT molecular complexity index is 243. The second-order valence-corrected chi connectivity index (χ2v) is 3.30. The first-order valence-electron chi connectivity index (χ1n) is 2.90. The van der Waals surface area contributed by atoms with Gasteiger partial charge in [-0.2, -0.15) is 12.6 Å². The largest absolute Gasteiger partial charge is 0.151 e. The van der Waals surface area contributed by atoms with Crippen molar-refractivity contribution in [3.63, 3.8) is 0 Å². The van der Waals surface area contributed by atoms with Gasteiger partial charge in [0.25, 0.3) is 0 Å². The van der Waals surface area contributed by atoms with Gasteiger partial charge in [0.05, 0.1) is 0 Å². The average molecular weight is 262 g/mol. The molecule has 52 valence electrons. The maximum absolute atomic E-state index is 4.00. The standard InChI is InChI=1S/C8H7IS/c9-8-4-2-1-3-7(8)5-6-10/h1-6,10H/b6-5-. The van der Waals surface area contributed by atoms with Crippen LogP contribution in [0.5, 0.6) is 0 Å². The fourth-order valence-electron chi connectivity index (χ4n) is 0.691. The molecule has 0 saturated carbocycles. The summed E-state index contributed by atoms with van der Waals surface area (Å²) < 4.78 is 1.26. The number of hydrogen-bond acceptors (Lipinski definition) is 1. The summed E-state index contributed by atoms with van der Waals surface area (Å²) in [5.74, 6) is 0. The monoisotopic (exact) mass is 262 g/mol. The van der Waals surface area contributed by atoms with E-state index in [1.807, 2.05) is 18.2 Å². The number of hydrogen-bond donors (Lipinski definition) is 1. The van der Waals surface area contributed by atoms with Gasteiger partial charge >= 0.3 is 0 Å². The molecule has 0 amide bonds. The van der Waals surface area contributed by atoms with Crippen molar-refractivity contribution in [2.24, 2.45) is 0 Å². The summed E-state index contributed by atoms with van der Waals surface area (Å²) in [5.41, 5.74) is 1.22. The van der Waals surface area contributed by atoms with E-state index in [-0.39, 0.29) is 0 Å². The van der Waals surface area contributed by atoms with Gasteiger partial charge < -0.3 is 0 Å². The smallest absolute Gasteiger partial charge is 0.0202 e. The number of halogens is 1. The van der Waals surface area contributed by atoms with Crippen LogP contribution in [-0.2, 0) is 0 Å². The van der Waals surface area contributed by atoms with Crippen LogP contribution in [0.1, 0.15) is 5.56 Å². The average Bonchev–Trinajstić information content (AvgIpc) is 1.94. The number of thiol groups is 1. The molecule has 0 atom stereocenters. The van der Waals surface area contributed by atoms with Gasteiger partial charge in [0.1, 0.15) is 0 Å². The maximum atomic E-state index is 4.00. The third kappa shape index (κ3) is 2.02. The Morgan fingerprint density at radius 1 is 1.30 bits per heavy atom. The van der Waals surface area contributed by atoms with Crippen LogP contribution < -0.4 is 0 Å². The van der Waals surface area contributed by atoms with Crippen LogP contribution >= 0.6 is 35.2 Å². The normalized spacial score (nSPS) is 10.6. The lowest BCUT2D eigenvalue weighted by atomic mass is 10.2. The van der Waals surface area contributed by atoms with E-state index < -0.39 is 0 Å². The third-order valence-corrected chi connectivity index (χ3v) is 2.29. The van der Waals surface area contributed by atoms with Gasteiger partial charge in [-0.3, -0.25) is 0 Å². The van der Waals surface area contributed by atoms with E-state index in [4.69, 9.17) is 0 Å².